The van der Waals surface area contributed by atoms with Crippen LogP contribution in [0, 0.1) is 6.92 Å². The van der Waals surface area contributed by atoms with Crippen LogP contribution in [0.15, 0.2) is 36.5 Å². The molecule has 24 heavy (non-hydrogen) atoms. The minimum Gasteiger partial charge on any atom is -0.480 e. The van der Waals surface area contributed by atoms with Gasteiger partial charge in [-0.25, -0.2) is 9.97 Å². The number of hydrogen-bond donors (Lipinski definition) is 1. The molecule has 126 valence electrons. The third-order valence-electron chi connectivity index (χ3n) is 4.12. The highest BCUT2D eigenvalue weighted by Gasteiger charge is 2.43. The Morgan fingerprint density at radius 1 is 1.38 bits per heavy atom. The van der Waals surface area contributed by atoms with Gasteiger partial charge in [-0.05, 0) is 36.6 Å². The summed E-state index contributed by atoms with van der Waals surface area (Å²) >= 11 is 7.37. The Morgan fingerprint density at radius 3 is 2.79 bits per heavy atom. The van der Waals surface area contributed by atoms with Gasteiger partial charge in [0.2, 0.25) is 5.28 Å². The molecule has 1 aliphatic rings. The lowest BCUT2D eigenvalue weighted by atomic mass is 9.96. The molecule has 5 nitrogen and oxygen atoms in total. The number of benzene rings is 1. The predicted molar refractivity (Wildman–Crippen MR) is 97.0 cm³/mol. The molecule has 2 aromatic rings. The third-order valence-corrected chi connectivity index (χ3v) is 5.69. The predicted octanol–water partition coefficient (Wildman–Crippen LogP) is 3.06. The van der Waals surface area contributed by atoms with Gasteiger partial charge in [-0.3, -0.25) is 4.79 Å². The Bertz CT molecular complexity index is 741. The number of aliphatic carboxylic acids is 1. The number of aromatic nitrogens is 2. The number of hydrogen-bond acceptors (Lipinski definition) is 5. The van der Waals surface area contributed by atoms with Gasteiger partial charge in [-0.1, -0.05) is 29.8 Å². The molecule has 1 fully saturated rings. The van der Waals surface area contributed by atoms with Crippen LogP contribution in [0.4, 0.5) is 5.82 Å². The molecule has 0 radical (unpaired) electrons. The first-order valence-corrected chi connectivity index (χ1v) is 9.01. The highest BCUT2D eigenvalue weighted by molar-refractivity contribution is 8.01. The van der Waals surface area contributed by atoms with Gasteiger partial charge in [-0.2, -0.15) is 0 Å². The van der Waals surface area contributed by atoms with Crippen molar-refractivity contribution >= 4 is 35.1 Å². The first kappa shape index (κ1) is 17.0. The molecule has 1 unspecified atom stereocenters. The third kappa shape index (κ3) is 3.65. The molecule has 1 aromatic heterocycles. The summed E-state index contributed by atoms with van der Waals surface area (Å²) in [6, 6.07) is 9.79. The van der Waals surface area contributed by atoms with E-state index in [1.54, 1.807) is 12.3 Å². The zero-order valence-corrected chi connectivity index (χ0v) is 14.8. The van der Waals surface area contributed by atoms with Crippen molar-refractivity contribution in [1.29, 1.82) is 0 Å². The van der Waals surface area contributed by atoms with Crippen molar-refractivity contribution in [3.63, 3.8) is 0 Å². The molecule has 1 N–H and O–H groups in total. The number of halogens is 1. The Hall–Kier alpha value is -1.79. The molecular weight excluding hydrogens is 346 g/mol. The summed E-state index contributed by atoms with van der Waals surface area (Å²) in [5.41, 5.74) is 2.19. The van der Waals surface area contributed by atoms with Crippen LogP contribution in [0.2, 0.25) is 5.28 Å². The largest absolute Gasteiger partial charge is 0.480 e. The molecule has 1 aromatic carbocycles. The minimum absolute atomic E-state index is 0.171. The van der Waals surface area contributed by atoms with E-state index in [-0.39, 0.29) is 5.28 Å². The van der Waals surface area contributed by atoms with E-state index < -0.39 is 10.7 Å². The van der Waals surface area contributed by atoms with Gasteiger partial charge in [0.15, 0.2) is 0 Å². The smallest absolute Gasteiger partial charge is 0.321 e. The van der Waals surface area contributed by atoms with Crippen LogP contribution >= 0.6 is 23.4 Å². The number of thioether (sulfide) groups is 1. The number of carboxylic acids is 1. The van der Waals surface area contributed by atoms with Crippen molar-refractivity contribution in [2.75, 3.05) is 23.7 Å². The minimum atomic E-state index is -0.898. The van der Waals surface area contributed by atoms with Crippen molar-refractivity contribution in [3.8, 4) is 0 Å². The summed E-state index contributed by atoms with van der Waals surface area (Å²) in [4.78, 5) is 22.2. The second kappa shape index (κ2) is 6.99. The topological polar surface area (TPSA) is 66.3 Å². The van der Waals surface area contributed by atoms with Crippen molar-refractivity contribution in [3.05, 3.63) is 52.9 Å². The molecule has 0 spiro atoms. The molecule has 3 rings (SSSR count). The highest BCUT2D eigenvalue weighted by Crippen LogP contribution is 2.36. The lowest BCUT2D eigenvalue weighted by Crippen LogP contribution is -2.53. The molecule has 1 aliphatic heterocycles. The van der Waals surface area contributed by atoms with E-state index in [9.17, 15) is 9.90 Å². The Labute approximate surface area is 150 Å². The maximum atomic E-state index is 12.1. The van der Waals surface area contributed by atoms with Gasteiger partial charge in [0, 0.05) is 25.0 Å². The van der Waals surface area contributed by atoms with Gasteiger partial charge >= 0.3 is 5.97 Å². The molecule has 1 saturated heterocycles. The van der Waals surface area contributed by atoms with E-state index in [0.717, 1.165) is 23.4 Å². The molecule has 1 atom stereocenters. The number of carboxylic acid groups (broad SMARTS) is 1. The number of anilines is 1. The maximum Gasteiger partial charge on any atom is 0.321 e. The molecule has 2 heterocycles. The van der Waals surface area contributed by atoms with E-state index in [1.807, 2.05) is 36.1 Å². The van der Waals surface area contributed by atoms with Crippen molar-refractivity contribution in [2.24, 2.45) is 0 Å². The molecule has 0 amide bonds. The summed E-state index contributed by atoms with van der Waals surface area (Å²) in [5, 5.41) is 10.1. The standard InChI is InChI=1S/C17H18ClN3O2S/c1-12-2-4-13(5-3-12)10-17(15(22)23)11-21(8-9-24-17)14-6-7-19-16(18)20-14/h2-7H,8-11H2,1H3,(H,22,23). The molecule has 0 saturated carbocycles. The SMILES string of the molecule is Cc1ccc(CC2(C(=O)O)CN(c3ccnc(Cl)n3)CCS2)cc1. The first-order chi connectivity index (χ1) is 11.5. The van der Waals surface area contributed by atoms with E-state index in [0.29, 0.717) is 18.8 Å². The van der Waals surface area contributed by atoms with Crippen LogP contribution in [-0.2, 0) is 11.2 Å². The van der Waals surface area contributed by atoms with Crippen LogP contribution in [0.25, 0.3) is 0 Å². The Kier molecular flexibility index (Phi) is 4.96. The number of rotatable bonds is 4. The zero-order chi connectivity index (χ0) is 17.2. The quantitative estimate of drug-likeness (QED) is 0.842. The fourth-order valence-corrected chi connectivity index (χ4v) is 4.31. The maximum absolute atomic E-state index is 12.1. The van der Waals surface area contributed by atoms with Crippen LogP contribution in [0.1, 0.15) is 11.1 Å². The van der Waals surface area contributed by atoms with Crippen molar-refractivity contribution in [1.82, 2.24) is 9.97 Å². The first-order valence-electron chi connectivity index (χ1n) is 7.65. The second-order valence-electron chi connectivity index (χ2n) is 5.92. The van der Waals surface area contributed by atoms with Gasteiger partial charge in [0.1, 0.15) is 10.6 Å². The van der Waals surface area contributed by atoms with Gasteiger partial charge in [0.05, 0.1) is 0 Å². The second-order valence-corrected chi connectivity index (χ2v) is 7.73. The lowest BCUT2D eigenvalue weighted by Gasteiger charge is -2.40. The summed E-state index contributed by atoms with van der Waals surface area (Å²) in [6.07, 6.45) is 2.07. The number of nitrogens with zero attached hydrogens (tertiary/aromatic N) is 3. The van der Waals surface area contributed by atoms with Crippen LogP contribution in [0.5, 0.6) is 0 Å². The van der Waals surface area contributed by atoms with Gasteiger partial charge < -0.3 is 10.0 Å². The monoisotopic (exact) mass is 363 g/mol. The number of aryl methyl sites for hydroxylation is 1. The molecule has 7 heteroatoms. The Morgan fingerprint density at radius 2 is 2.12 bits per heavy atom. The normalized spacial score (nSPS) is 20.8. The average molecular weight is 364 g/mol. The fraction of sp³-hybridized carbons (Fsp3) is 0.353. The van der Waals surface area contributed by atoms with Crippen molar-refractivity contribution in [2.45, 2.75) is 18.1 Å². The zero-order valence-electron chi connectivity index (χ0n) is 13.3. The van der Waals surface area contributed by atoms with Crippen LogP contribution in [0.3, 0.4) is 0 Å². The van der Waals surface area contributed by atoms with E-state index in [2.05, 4.69) is 9.97 Å². The van der Waals surface area contributed by atoms with Crippen molar-refractivity contribution < 1.29 is 9.90 Å². The van der Waals surface area contributed by atoms with Crippen LogP contribution < -0.4 is 4.90 Å². The lowest BCUT2D eigenvalue weighted by molar-refractivity contribution is -0.139. The number of carbonyl (C=O) groups is 1. The summed E-state index contributed by atoms with van der Waals surface area (Å²) in [6.45, 7) is 3.14. The van der Waals surface area contributed by atoms with Gasteiger partial charge in [0.25, 0.3) is 0 Å². The fourth-order valence-electron chi connectivity index (χ4n) is 2.83. The molecule has 0 aliphatic carbocycles. The van der Waals surface area contributed by atoms with Gasteiger partial charge in [-0.15, -0.1) is 11.8 Å². The summed E-state index contributed by atoms with van der Waals surface area (Å²) in [7, 11) is 0. The van der Waals surface area contributed by atoms with Crippen LogP contribution in [-0.4, -0.2) is 44.6 Å². The summed E-state index contributed by atoms with van der Waals surface area (Å²) < 4.78 is -0.898. The average Bonchev–Trinajstić information content (AvgIpc) is 2.57. The summed E-state index contributed by atoms with van der Waals surface area (Å²) in [5.74, 6) is 0.600. The molecule has 0 bridgehead atoms. The Balaban J connectivity index is 1.86. The molecular formula is C17H18ClN3O2S. The van der Waals surface area contributed by atoms with E-state index >= 15 is 0 Å². The van der Waals surface area contributed by atoms with E-state index in [1.165, 1.54) is 11.8 Å². The van der Waals surface area contributed by atoms with E-state index in [4.69, 9.17) is 11.6 Å². The highest BCUT2D eigenvalue weighted by atomic mass is 35.5.